The monoisotopic (exact) mass is 273 g/mol. The summed E-state index contributed by atoms with van der Waals surface area (Å²) in [4.78, 5) is 14.1. The van der Waals surface area contributed by atoms with Crippen molar-refractivity contribution in [1.29, 1.82) is 0 Å². The smallest absolute Gasteiger partial charge is 0.246 e. The maximum atomic E-state index is 12.2. The van der Waals surface area contributed by atoms with Gasteiger partial charge in [-0.2, -0.15) is 0 Å². The molecule has 108 valence electrons. The predicted molar refractivity (Wildman–Crippen MR) is 81.1 cm³/mol. The second-order valence-corrected chi connectivity index (χ2v) is 5.60. The van der Waals surface area contributed by atoms with E-state index in [4.69, 9.17) is 0 Å². The van der Waals surface area contributed by atoms with Crippen LogP contribution >= 0.6 is 0 Å². The van der Waals surface area contributed by atoms with Crippen LogP contribution in [0.5, 0.6) is 0 Å². The van der Waals surface area contributed by atoms with E-state index in [0.29, 0.717) is 5.92 Å². The first-order chi connectivity index (χ1) is 9.58. The number of allylic oxidation sites excluding steroid dienone is 1. The molecule has 3 nitrogen and oxygen atoms in total. The molecular formula is C17H23NO2. The average Bonchev–Trinajstić information content (AvgIpc) is 2.48. The molecule has 0 bridgehead atoms. The Morgan fingerprint density at radius 3 is 2.45 bits per heavy atom. The number of hydrogen-bond acceptors (Lipinski definition) is 2. The molecule has 0 saturated carbocycles. The van der Waals surface area contributed by atoms with Crippen molar-refractivity contribution < 1.29 is 9.90 Å². The molecule has 1 amide bonds. The van der Waals surface area contributed by atoms with Gasteiger partial charge in [-0.25, -0.2) is 0 Å². The largest absolute Gasteiger partial charge is 0.393 e. The first kappa shape index (κ1) is 14.8. The number of likely N-dealkylation sites (tertiary alicyclic amines) is 1. The van der Waals surface area contributed by atoms with Gasteiger partial charge in [-0.05, 0) is 43.7 Å². The number of carbonyl (C=O) groups excluding carboxylic acids is 1. The fourth-order valence-electron chi connectivity index (χ4n) is 2.66. The summed E-state index contributed by atoms with van der Waals surface area (Å²) in [5.41, 5.74) is 2.08. The van der Waals surface area contributed by atoms with Crippen LogP contribution in [0.25, 0.3) is 5.57 Å². The van der Waals surface area contributed by atoms with Gasteiger partial charge in [0.25, 0.3) is 0 Å². The lowest BCUT2D eigenvalue weighted by molar-refractivity contribution is -0.127. The van der Waals surface area contributed by atoms with Crippen LogP contribution in [0.15, 0.2) is 36.4 Å². The van der Waals surface area contributed by atoms with Crippen LogP contribution in [0.2, 0.25) is 0 Å². The lowest BCUT2D eigenvalue weighted by Gasteiger charge is -2.32. The summed E-state index contributed by atoms with van der Waals surface area (Å²) in [6.45, 7) is 5.29. The molecule has 1 aliphatic rings. The number of rotatable bonds is 3. The molecule has 1 unspecified atom stereocenters. The van der Waals surface area contributed by atoms with Gasteiger partial charge in [-0.3, -0.25) is 4.79 Å². The van der Waals surface area contributed by atoms with Gasteiger partial charge < -0.3 is 10.0 Å². The van der Waals surface area contributed by atoms with E-state index in [1.165, 1.54) is 0 Å². The molecule has 1 aromatic rings. The number of hydrogen-bond donors (Lipinski definition) is 1. The maximum absolute atomic E-state index is 12.2. The third-order valence-electron chi connectivity index (χ3n) is 4.10. The van der Waals surface area contributed by atoms with Crippen molar-refractivity contribution >= 4 is 11.5 Å². The maximum Gasteiger partial charge on any atom is 0.246 e. The van der Waals surface area contributed by atoms with E-state index in [-0.39, 0.29) is 12.0 Å². The highest BCUT2D eigenvalue weighted by molar-refractivity contribution is 5.94. The van der Waals surface area contributed by atoms with Gasteiger partial charge in [-0.1, -0.05) is 30.3 Å². The van der Waals surface area contributed by atoms with Gasteiger partial charge in [-0.15, -0.1) is 0 Å². The van der Waals surface area contributed by atoms with Crippen molar-refractivity contribution in [3.05, 3.63) is 42.0 Å². The quantitative estimate of drug-likeness (QED) is 0.860. The molecule has 1 aromatic carbocycles. The Morgan fingerprint density at radius 1 is 1.30 bits per heavy atom. The highest BCUT2D eigenvalue weighted by Gasteiger charge is 2.24. The molecule has 1 fully saturated rings. The van der Waals surface area contributed by atoms with Gasteiger partial charge in [0.1, 0.15) is 0 Å². The summed E-state index contributed by atoms with van der Waals surface area (Å²) in [6, 6.07) is 9.95. The number of amides is 1. The lowest BCUT2D eigenvalue weighted by atomic mass is 9.92. The van der Waals surface area contributed by atoms with Crippen LogP contribution in [0, 0.1) is 5.92 Å². The van der Waals surface area contributed by atoms with Crippen molar-refractivity contribution in [3.63, 3.8) is 0 Å². The normalized spacial score (nSPS) is 18.9. The van der Waals surface area contributed by atoms with Gasteiger partial charge >= 0.3 is 0 Å². The Morgan fingerprint density at radius 2 is 1.90 bits per heavy atom. The SMILES string of the molecule is CC(=CC(=O)N1CCC(C(C)O)CC1)c1ccccc1. The van der Waals surface area contributed by atoms with Gasteiger partial charge in [0.15, 0.2) is 0 Å². The standard InChI is InChI=1S/C17H23NO2/c1-13(15-6-4-3-5-7-15)12-17(20)18-10-8-16(9-11-18)14(2)19/h3-7,12,14,16,19H,8-11H2,1-2H3. The zero-order valence-electron chi connectivity index (χ0n) is 12.2. The van der Waals surface area contributed by atoms with Crippen molar-refractivity contribution in [2.75, 3.05) is 13.1 Å². The third kappa shape index (κ3) is 3.70. The third-order valence-corrected chi connectivity index (χ3v) is 4.10. The Labute approximate surface area is 120 Å². The fourth-order valence-corrected chi connectivity index (χ4v) is 2.66. The number of nitrogens with zero attached hydrogens (tertiary/aromatic N) is 1. The Kier molecular flexibility index (Phi) is 4.96. The summed E-state index contributed by atoms with van der Waals surface area (Å²) >= 11 is 0. The van der Waals surface area contributed by atoms with Crippen molar-refractivity contribution in [1.82, 2.24) is 4.90 Å². The second-order valence-electron chi connectivity index (χ2n) is 5.60. The van der Waals surface area contributed by atoms with Crippen molar-refractivity contribution in [3.8, 4) is 0 Å². The number of piperidine rings is 1. The Balaban J connectivity index is 1.96. The van der Waals surface area contributed by atoms with Crippen molar-refractivity contribution in [2.45, 2.75) is 32.8 Å². The number of benzene rings is 1. The first-order valence-electron chi connectivity index (χ1n) is 7.28. The molecule has 0 aliphatic carbocycles. The van der Waals surface area contributed by atoms with E-state index in [2.05, 4.69) is 0 Å². The molecule has 0 spiro atoms. The molecule has 20 heavy (non-hydrogen) atoms. The minimum Gasteiger partial charge on any atom is -0.393 e. The van der Waals surface area contributed by atoms with E-state index in [0.717, 1.165) is 37.1 Å². The van der Waals surface area contributed by atoms with E-state index >= 15 is 0 Å². The molecular weight excluding hydrogens is 250 g/mol. The van der Waals surface area contributed by atoms with E-state index in [9.17, 15) is 9.90 Å². The summed E-state index contributed by atoms with van der Waals surface area (Å²) in [5, 5.41) is 9.58. The zero-order chi connectivity index (χ0) is 14.5. The van der Waals surface area contributed by atoms with Crippen LogP contribution in [-0.4, -0.2) is 35.1 Å². The molecule has 1 N–H and O–H groups in total. The molecule has 2 rings (SSSR count). The molecule has 3 heteroatoms. The molecule has 0 aromatic heterocycles. The molecule has 1 saturated heterocycles. The van der Waals surface area contributed by atoms with Crippen LogP contribution in [-0.2, 0) is 4.79 Å². The predicted octanol–water partition coefficient (Wildman–Crippen LogP) is 2.71. The minimum absolute atomic E-state index is 0.0791. The average molecular weight is 273 g/mol. The van der Waals surface area contributed by atoms with Gasteiger partial charge in [0, 0.05) is 19.2 Å². The zero-order valence-corrected chi connectivity index (χ0v) is 12.2. The Hall–Kier alpha value is -1.61. The van der Waals surface area contributed by atoms with Crippen LogP contribution in [0.1, 0.15) is 32.3 Å². The molecule has 1 aliphatic heterocycles. The van der Waals surface area contributed by atoms with Crippen LogP contribution in [0.3, 0.4) is 0 Å². The van der Waals surface area contributed by atoms with E-state index in [1.54, 1.807) is 6.08 Å². The molecule has 0 radical (unpaired) electrons. The van der Waals surface area contributed by atoms with Crippen LogP contribution < -0.4 is 0 Å². The highest BCUT2D eigenvalue weighted by Crippen LogP contribution is 2.21. The summed E-state index contributed by atoms with van der Waals surface area (Å²) in [6.07, 6.45) is 3.23. The van der Waals surface area contributed by atoms with E-state index < -0.39 is 0 Å². The lowest BCUT2D eigenvalue weighted by Crippen LogP contribution is -2.40. The highest BCUT2D eigenvalue weighted by atomic mass is 16.3. The summed E-state index contributed by atoms with van der Waals surface area (Å²) < 4.78 is 0. The van der Waals surface area contributed by atoms with Gasteiger partial charge in [0.05, 0.1) is 6.10 Å². The molecule has 1 heterocycles. The first-order valence-corrected chi connectivity index (χ1v) is 7.28. The summed E-state index contributed by atoms with van der Waals surface area (Å²) in [5.74, 6) is 0.411. The second kappa shape index (κ2) is 6.71. The topological polar surface area (TPSA) is 40.5 Å². The Bertz CT molecular complexity index is 471. The number of carbonyl (C=O) groups is 1. The minimum atomic E-state index is -0.270. The van der Waals surface area contributed by atoms with Crippen LogP contribution in [0.4, 0.5) is 0 Å². The van der Waals surface area contributed by atoms with Crippen molar-refractivity contribution in [2.24, 2.45) is 5.92 Å². The fraction of sp³-hybridized carbons (Fsp3) is 0.471. The molecule has 1 atom stereocenters. The number of aliphatic hydroxyl groups is 1. The van der Waals surface area contributed by atoms with E-state index in [1.807, 2.05) is 49.1 Å². The van der Waals surface area contributed by atoms with Gasteiger partial charge in [0.2, 0.25) is 5.91 Å². The summed E-state index contributed by atoms with van der Waals surface area (Å²) in [7, 11) is 0. The number of aliphatic hydroxyl groups excluding tert-OH is 1.